The highest BCUT2D eigenvalue weighted by Gasteiger charge is 2.36. The molecular formula is C9H9BrO2S. The monoisotopic (exact) mass is 260 g/mol. The van der Waals surface area contributed by atoms with Gasteiger partial charge in [0.05, 0.1) is 10.1 Å². The zero-order valence-electron chi connectivity index (χ0n) is 6.90. The highest BCUT2D eigenvalue weighted by atomic mass is 79.9. The van der Waals surface area contributed by atoms with Gasteiger partial charge in [0.15, 0.2) is 9.84 Å². The van der Waals surface area contributed by atoms with E-state index in [9.17, 15) is 8.42 Å². The number of rotatable bonds is 2. The molecule has 1 fully saturated rings. The number of hydrogen-bond donors (Lipinski definition) is 0. The molecule has 1 aromatic carbocycles. The summed E-state index contributed by atoms with van der Waals surface area (Å²) in [6, 6.07) is 6.82. The number of hydrogen-bond acceptors (Lipinski definition) is 2. The molecule has 0 amide bonds. The van der Waals surface area contributed by atoms with Gasteiger partial charge in [-0.15, -0.1) is 0 Å². The topological polar surface area (TPSA) is 34.1 Å². The second kappa shape index (κ2) is 3.10. The van der Waals surface area contributed by atoms with Gasteiger partial charge in [-0.2, -0.15) is 0 Å². The third-order valence-corrected chi connectivity index (χ3v) is 4.91. The first-order chi connectivity index (χ1) is 6.10. The minimum absolute atomic E-state index is 0.117. The van der Waals surface area contributed by atoms with E-state index >= 15 is 0 Å². The van der Waals surface area contributed by atoms with E-state index in [1.807, 2.05) is 0 Å². The van der Waals surface area contributed by atoms with E-state index < -0.39 is 9.84 Å². The fraction of sp³-hybridized carbons (Fsp3) is 0.333. The van der Waals surface area contributed by atoms with Gasteiger partial charge in [0, 0.05) is 4.47 Å². The Balaban J connectivity index is 2.40. The summed E-state index contributed by atoms with van der Waals surface area (Å²) in [5, 5.41) is -0.117. The van der Waals surface area contributed by atoms with Crippen LogP contribution in [0.25, 0.3) is 0 Å². The van der Waals surface area contributed by atoms with Crippen molar-refractivity contribution in [1.82, 2.24) is 0 Å². The summed E-state index contributed by atoms with van der Waals surface area (Å²) in [5.41, 5.74) is 0. The molecule has 0 bridgehead atoms. The summed E-state index contributed by atoms with van der Waals surface area (Å²) in [6.07, 6.45) is 1.64. The Hall–Kier alpha value is -0.350. The van der Waals surface area contributed by atoms with Gasteiger partial charge >= 0.3 is 0 Å². The number of sulfone groups is 1. The molecule has 0 N–H and O–H groups in total. The quantitative estimate of drug-likeness (QED) is 0.819. The summed E-state index contributed by atoms with van der Waals surface area (Å²) in [4.78, 5) is 0.443. The van der Waals surface area contributed by atoms with Crippen LogP contribution >= 0.6 is 15.9 Å². The molecule has 0 radical (unpaired) electrons. The Morgan fingerprint density at radius 2 is 1.69 bits per heavy atom. The highest BCUT2D eigenvalue weighted by Crippen LogP contribution is 2.33. The first-order valence-electron chi connectivity index (χ1n) is 4.10. The maximum atomic E-state index is 11.7. The van der Waals surface area contributed by atoms with Crippen LogP contribution in [0.4, 0.5) is 0 Å². The Bertz CT molecular complexity index is 404. The molecule has 2 rings (SSSR count). The Kier molecular flexibility index (Phi) is 2.20. The zero-order valence-corrected chi connectivity index (χ0v) is 9.31. The second-order valence-corrected chi connectivity index (χ2v) is 6.34. The molecule has 0 aliphatic heterocycles. The summed E-state index contributed by atoms with van der Waals surface area (Å²) >= 11 is 3.27. The van der Waals surface area contributed by atoms with Crippen LogP contribution in [0, 0.1) is 0 Å². The van der Waals surface area contributed by atoms with Gasteiger partial charge in [0.2, 0.25) is 0 Å². The lowest BCUT2D eigenvalue weighted by Crippen LogP contribution is -2.06. The summed E-state index contributed by atoms with van der Waals surface area (Å²) < 4.78 is 24.3. The molecule has 13 heavy (non-hydrogen) atoms. The van der Waals surface area contributed by atoms with Crippen LogP contribution in [0.5, 0.6) is 0 Å². The van der Waals surface area contributed by atoms with Crippen molar-refractivity contribution in [3.05, 3.63) is 28.7 Å². The molecule has 0 spiro atoms. The van der Waals surface area contributed by atoms with E-state index in [-0.39, 0.29) is 5.25 Å². The smallest absolute Gasteiger partial charge is 0.181 e. The van der Waals surface area contributed by atoms with Crippen LogP contribution in [-0.4, -0.2) is 13.7 Å². The third-order valence-electron chi connectivity index (χ3n) is 2.11. The fourth-order valence-electron chi connectivity index (χ4n) is 1.20. The molecule has 1 aliphatic rings. The highest BCUT2D eigenvalue weighted by molar-refractivity contribution is 9.10. The minimum Gasteiger partial charge on any atom is -0.223 e. The first-order valence-corrected chi connectivity index (χ1v) is 6.44. The van der Waals surface area contributed by atoms with E-state index in [0.29, 0.717) is 4.90 Å². The maximum Gasteiger partial charge on any atom is 0.181 e. The molecular weight excluding hydrogens is 252 g/mol. The lowest BCUT2D eigenvalue weighted by Gasteiger charge is -2.01. The van der Waals surface area contributed by atoms with Crippen molar-refractivity contribution in [2.45, 2.75) is 23.0 Å². The van der Waals surface area contributed by atoms with Crippen molar-refractivity contribution in [2.24, 2.45) is 0 Å². The van der Waals surface area contributed by atoms with Gasteiger partial charge < -0.3 is 0 Å². The van der Waals surface area contributed by atoms with Crippen molar-refractivity contribution in [2.75, 3.05) is 0 Å². The summed E-state index contributed by atoms with van der Waals surface area (Å²) in [7, 11) is -3.00. The molecule has 0 saturated heterocycles. The molecule has 0 unspecified atom stereocenters. The van der Waals surface area contributed by atoms with E-state index in [2.05, 4.69) is 15.9 Å². The normalized spacial score (nSPS) is 17.3. The Morgan fingerprint density at radius 1 is 1.15 bits per heavy atom. The third kappa shape index (κ3) is 1.79. The van der Waals surface area contributed by atoms with Crippen molar-refractivity contribution in [3.8, 4) is 0 Å². The largest absolute Gasteiger partial charge is 0.223 e. The van der Waals surface area contributed by atoms with E-state index in [1.165, 1.54) is 0 Å². The standard InChI is InChI=1S/C9H9BrO2S/c10-7-1-3-8(4-2-7)13(11,12)9-5-6-9/h1-4,9H,5-6H2. The predicted molar refractivity (Wildman–Crippen MR) is 54.3 cm³/mol. The molecule has 4 heteroatoms. The van der Waals surface area contributed by atoms with Crippen molar-refractivity contribution in [3.63, 3.8) is 0 Å². The van der Waals surface area contributed by atoms with Crippen LogP contribution < -0.4 is 0 Å². The fourth-order valence-corrected chi connectivity index (χ4v) is 3.12. The van der Waals surface area contributed by atoms with Crippen LogP contribution in [0.3, 0.4) is 0 Å². The molecule has 0 heterocycles. The van der Waals surface area contributed by atoms with Crippen molar-refractivity contribution >= 4 is 25.8 Å². The average molecular weight is 261 g/mol. The van der Waals surface area contributed by atoms with E-state index in [4.69, 9.17) is 0 Å². The maximum absolute atomic E-state index is 11.7. The van der Waals surface area contributed by atoms with Crippen LogP contribution in [0.1, 0.15) is 12.8 Å². The van der Waals surface area contributed by atoms with Crippen molar-refractivity contribution in [1.29, 1.82) is 0 Å². The molecule has 0 atom stereocenters. The number of benzene rings is 1. The predicted octanol–water partition coefficient (Wildman–Crippen LogP) is 2.39. The SMILES string of the molecule is O=S(=O)(c1ccc(Br)cc1)C1CC1. The van der Waals surface area contributed by atoms with Crippen LogP contribution in [0.2, 0.25) is 0 Å². The van der Waals surface area contributed by atoms with Crippen LogP contribution in [-0.2, 0) is 9.84 Å². The second-order valence-electron chi connectivity index (χ2n) is 3.20. The van der Waals surface area contributed by atoms with Gasteiger partial charge in [-0.25, -0.2) is 8.42 Å². The van der Waals surface area contributed by atoms with Gasteiger partial charge in [-0.3, -0.25) is 0 Å². The summed E-state index contributed by atoms with van der Waals surface area (Å²) in [5.74, 6) is 0. The molecule has 2 nitrogen and oxygen atoms in total. The van der Waals surface area contributed by atoms with Crippen LogP contribution in [0.15, 0.2) is 33.6 Å². The average Bonchev–Trinajstić information content (AvgIpc) is 2.87. The van der Waals surface area contributed by atoms with Gasteiger partial charge in [-0.1, -0.05) is 15.9 Å². The Morgan fingerprint density at radius 3 is 2.15 bits per heavy atom. The molecule has 1 aliphatic carbocycles. The molecule has 0 aromatic heterocycles. The summed E-state index contributed by atoms with van der Waals surface area (Å²) in [6.45, 7) is 0. The molecule has 70 valence electrons. The molecule has 1 saturated carbocycles. The van der Waals surface area contributed by atoms with Gasteiger partial charge in [0.25, 0.3) is 0 Å². The lowest BCUT2D eigenvalue weighted by atomic mass is 10.4. The number of halogens is 1. The van der Waals surface area contributed by atoms with E-state index in [0.717, 1.165) is 17.3 Å². The molecule has 1 aromatic rings. The minimum atomic E-state index is -3.00. The Labute approximate surface area is 86.0 Å². The van der Waals surface area contributed by atoms with Crippen molar-refractivity contribution < 1.29 is 8.42 Å². The zero-order chi connectivity index (χ0) is 9.47. The van der Waals surface area contributed by atoms with Gasteiger partial charge in [-0.05, 0) is 37.1 Å². The first kappa shape index (κ1) is 9.21. The van der Waals surface area contributed by atoms with Gasteiger partial charge in [0.1, 0.15) is 0 Å². The van der Waals surface area contributed by atoms with E-state index in [1.54, 1.807) is 24.3 Å². The lowest BCUT2D eigenvalue weighted by molar-refractivity contribution is 0.595.